The predicted molar refractivity (Wildman–Crippen MR) is 246 cm³/mol. The third kappa shape index (κ3) is 5.34. The van der Waals surface area contributed by atoms with Gasteiger partial charge in [-0.05, 0) is 84.5 Å². The maximum absolute atomic E-state index is 5.42. The summed E-state index contributed by atoms with van der Waals surface area (Å²) in [6.45, 7) is 0. The lowest BCUT2D eigenvalue weighted by Crippen LogP contribution is -2.04. The summed E-state index contributed by atoms with van der Waals surface area (Å²) in [5.41, 5.74) is 8.41. The van der Waals surface area contributed by atoms with Crippen molar-refractivity contribution >= 4 is 64.9 Å². The molecule has 12 rings (SSSR count). The quantitative estimate of drug-likeness (QED) is 0.165. The maximum atomic E-state index is 5.42. The monoisotopic (exact) mass is 750 g/mol. The summed E-state index contributed by atoms with van der Waals surface area (Å²) >= 11 is 0. The van der Waals surface area contributed by atoms with Crippen LogP contribution in [0.3, 0.4) is 0 Å². The van der Waals surface area contributed by atoms with E-state index in [2.05, 4.69) is 193 Å². The van der Waals surface area contributed by atoms with E-state index in [-0.39, 0.29) is 0 Å². The molecular formula is C55H34N4. The predicted octanol–water partition coefficient (Wildman–Crippen LogP) is 14.2. The molecule has 2 heterocycles. The fraction of sp³-hybridized carbons (Fsp3) is 0. The van der Waals surface area contributed by atoms with Crippen LogP contribution in [-0.4, -0.2) is 19.5 Å². The Morgan fingerprint density at radius 3 is 1.53 bits per heavy atom. The topological polar surface area (TPSA) is 43.6 Å². The molecule has 0 unspecified atom stereocenters. The molecule has 4 nitrogen and oxygen atoms in total. The zero-order valence-corrected chi connectivity index (χ0v) is 31.9. The first-order valence-electron chi connectivity index (χ1n) is 20.0. The lowest BCUT2D eigenvalue weighted by Gasteiger charge is -2.18. The Kier molecular flexibility index (Phi) is 7.50. The normalized spacial score (nSPS) is 11.7. The largest absolute Gasteiger partial charge is 0.308 e. The van der Waals surface area contributed by atoms with E-state index in [9.17, 15) is 0 Å². The van der Waals surface area contributed by atoms with Crippen molar-refractivity contribution in [2.24, 2.45) is 0 Å². The average molecular weight is 751 g/mol. The highest BCUT2D eigenvalue weighted by Crippen LogP contribution is 2.44. The maximum Gasteiger partial charge on any atom is 0.166 e. The summed E-state index contributed by atoms with van der Waals surface area (Å²) in [5.74, 6) is 1.87. The average Bonchev–Trinajstić information content (AvgIpc) is 3.66. The molecule has 0 radical (unpaired) electrons. The number of aromatic nitrogens is 4. The van der Waals surface area contributed by atoms with Crippen LogP contribution in [-0.2, 0) is 0 Å². The van der Waals surface area contributed by atoms with Gasteiger partial charge >= 0.3 is 0 Å². The molecule has 59 heavy (non-hydrogen) atoms. The number of benzene rings is 10. The second kappa shape index (κ2) is 13.3. The first-order chi connectivity index (χ1) is 29.3. The molecule has 274 valence electrons. The molecule has 0 saturated heterocycles. The van der Waals surface area contributed by atoms with Crippen LogP contribution < -0.4 is 0 Å². The highest BCUT2D eigenvalue weighted by molar-refractivity contribution is 6.26. The first-order valence-corrected chi connectivity index (χ1v) is 20.0. The third-order valence-electron chi connectivity index (χ3n) is 11.8. The van der Waals surface area contributed by atoms with Crippen molar-refractivity contribution in [3.63, 3.8) is 0 Å². The molecule has 0 aliphatic rings. The molecular weight excluding hydrogens is 717 g/mol. The summed E-state index contributed by atoms with van der Waals surface area (Å²) in [7, 11) is 0. The van der Waals surface area contributed by atoms with Crippen molar-refractivity contribution < 1.29 is 0 Å². The van der Waals surface area contributed by atoms with Crippen molar-refractivity contribution in [2.75, 3.05) is 0 Å². The van der Waals surface area contributed by atoms with Gasteiger partial charge < -0.3 is 4.57 Å². The van der Waals surface area contributed by atoms with E-state index in [1.807, 2.05) is 18.2 Å². The summed E-state index contributed by atoms with van der Waals surface area (Å²) in [5, 5.41) is 11.9. The molecule has 0 N–H and O–H groups in total. The lowest BCUT2D eigenvalue weighted by atomic mass is 9.92. The van der Waals surface area contributed by atoms with Crippen LogP contribution in [0, 0.1) is 0 Å². The van der Waals surface area contributed by atoms with Crippen molar-refractivity contribution in [2.45, 2.75) is 0 Å². The molecule has 0 fully saturated rings. The standard InChI is InChI=1S/C55H34N4/c1-3-17-36(18-4-1)40-27-15-29-50-52(40)45-26-13-14-28-49(45)59(50)51-34-47-44-25-12-10-23-42(44)41-22-9-11-24-43(41)46(47)33-48(51)55-57-53(37-19-5-2-6-20-37)56-54(58-55)39-31-30-35-16-7-8-21-38(35)32-39/h1-34H. The van der Waals surface area contributed by atoms with E-state index >= 15 is 0 Å². The van der Waals surface area contributed by atoms with Crippen molar-refractivity contribution in [3.8, 4) is 51.0 Å². The smallest absolute Gasteiger partial charge is 0.166 e. The number of fused-ring (bicyclic) bond motifs is 10. The summed E-state index contributed by atoms with van der Waals surface area (Å²) in [6.07, 6.45) is 0. The SMILES string of the molecule is c1ccc(-c2nc(-c3ccc4ccccc4c3)nc(-c3cc4c5ccccc5c5ccccc5c4cc3-n3c4ccccc4c4c(-c5ccccc5)cccc43)n2)cc1. The van der Waals surface area contributed by atoms with Crippen molar-refractivity contribution in [1.29, 1.82) is 0 Å². The Bertz CT molecular complexity index is 3610. The van der Waals surface area contributed by atoms with E-state index in [4.69, 9.17) is 15.0 Å². The Morgan fingerprint density at radius 2 is 0.814 bits per heavy atom. The zero-order chi connectivity index (χ0) is 38.9. The van der Waals surface area contributed by atoms with Gasteiger partial charge in [0.25, 0.3) is 0 Å². The van der Waals surface area contributed by atoms with E-state index in [0.29, 0.717) is 17.5 Å². The number of rotatable bonds is 5. The number of para-hydroxylation sites is 1. The fourth-order valence-corrected chi connectivity index (χ4v) is 9.11. The minimum absolute atomic E-state index is 0.612. The fourth-order valence-electron chi connectivity index (χ4n) is 9.11. The van der Waals surface area contributed by atoms with Gasteiger partial charge in [-0.1, -0.05) is 176 Å². The van der Waals surface area contributed by atoms with Crippen LogP contribution in [0.25, 0.3) is 116 Å². The highest BCUT2D eigenvalue weighted by atomic mass is 15.1. The molecule has 0 bridgehead atoms. The summed E-state index contributed by atoms with van der Waals surface area (Å²) < 4.78 is 2.43. The minimum Gasteiger partial charge on any atom is -0.308 e. The van der Waals surface area contributed by atoms with Crippen LogP contribution >= 0.6 is 0 Å². The number of nitrogens with zero attached hydrogens (tertiary/aromatic N) is 4. The molecule has 4 heteroatoms. The van der Waals surface area contributed by atoms with Crippen LogP contribution in [0.4, 0.5) is 0 Å². The van der Waals surface area contributed by atoms with Gasteiger partial charge in [0.15, 0.2) is 17.5 Å². The Morgan fingerprint density at radius 1 is 0.288 bits per heavy atom. The number of hydrogen-bond acceptors (Lipinski definition) is 3. The van der Waals surface area contributed by atoms with Gasteiger partial charge in [-0.15, -0.1) is 0 Å². The second-order valence-electron chi connectivity index (χ2n) is 15.2. The van der Waals surface area contributed by atoms with Gasteiger partial charge in [-0.3, -0.25) is 0 Å². The van der Waals surface area contributed by atoms with Gasteiger partial charge in [0.2, 0.25) is 0 Å². The molecule has 0 spiro atoms. The number of hydrogen-bond donors (Lipinski definition) is 0. The van der Waals surface area contributed by atoms with Crippen LogP contribution in [0.1, 0.15) is 0 Å². The lowest BCUT2D eigenvalue weighted by molar-refractivity contribution is 1.07. The highest BCUT2D eigenvalue weighted by Gasteiger charge is 2.23. The minimum atomic E-state index is 0.612. The van der Waals surface area contributed by atoms with Gasteiger partial charge in [-0.25, -0.2) is 15.0 Å². The zero-order valence-electron chi connectivity index (χ0n) is 31.9. The first kappa shape index (κ1) is 33.2. The van der Waals surface area contributed by atoms with E-state index in [0.717, 1.165) is 44.2 Å². The van der Waals surface area contributed by atoms with Crippen molar-refractivity contribution in [3.05, 3.63) is 206 Å². The molecule has 0 atom stereocenters. The van der Waals surface area contributed by atoms with E-state index in [1.54, 1.807) is 0 Å². The summed E-state index contributed by atoms with van der Waals surface area (Å²) in [6, 6.07) is 73.5. The van der Waals surface area contributed by atoms with Crippen LogP contribution in [0.2, 0.25) is 0 Å². The van der Waals surface area contributed by atoms with Gasteiger partial charge in [0.05, 0.1) is 16.7 Å². The van der Waals surface area contributed by atoms with Gasteiger partial charge in [0.1, 0.15) is 0 Å². The molecule has 0 aliphatic heterocycles. The molecule has 0 amide bonds. The van der Waals surface area contributed by atoms with Crippen LogP contribution in [0.15, 0.2) is 206 Å². The van der Waals surface area contributed by atoms with Gasteiger partial charge in [0, 0.05) is 27.5 Å². The Balaban J connectivity index is 1.24. The van der Waals surface area contributed by atoms with Gasteiger partial charge in [-0.2, -0.15) is 0 Å². The Labute approximate surface area is 340 Å². The molecule has 0 saturated carbocycles. The molecule has 10 aromatic carbocycles. The summed E-state index contributed by atoms with van der Waals surface area (Å²) in [4.78, 5) is 16.0. The molecule has 12 aromatic rings. The third-order valence-corrected chi connectivity index (χ3v) is 11.8. The van der Waals surface area contributed by atoms with E-state index < -0.39 is 0 Å². The molecule has 0 aliphatic carbocycles. The van der Waals surface area contributed by atoms with Crippen molar-refractivity contribution in [1.82, 2.24) is 19.5 Å². The van der Waals surface area contributed by atoms with Crippen LogP contribution in [0.5, 0.6) is 0 Å². The molecule has 2 aromatic heterocycles. The Hall–Kier alpha value is -7.95. The van der Waals surface area contributed by atoms with E-state index in [1.165, 1.54) is 54.2 Å². The second-order valence-corrected chi connectivity index (χ2v) is 15.2.